The molecule has 294 valence electrons. The molecule has 0 unspecified atom stereocenters. The van der Waals surface area contributed by atoms with Crippen molar-refractivity contribution in [2.75, 3.05) is 0 Å². The van der Waals surface area contributed by atoms with Gasteiger partial charge in [-0.25, -0.2) is 0 Å². The van der Waals surface area contributed by atoms with E-state index in [1.807, 2.05) is 24.5 Å². The molecule has 10 aromatic carbocycles. The van der Waals surface area contributed by atoms with Crippen LogP contribution in [-0.4, -0.2) is 9.97 Å². The summed E-state index contributed by atoms with van der Waals surface area (Å²) in [6.07, 6.45) is 3.79. The molecule has 2 aliphatic rings. The van der Waals surface area contributed by atoms with Crippen LogP contribution in [0.1, 0.15) is 0 Å². The Labute approximate surface area is 370 Å². The molecule has 0 N–H and O–H groups in total. The lowest BCUT2D eigenvalue weighted by Gasteiger charge is -2.20. The summed E-state index contributed by atoms with van der Waals surface area (Å²) in [5.74, 6) is 0. The quantitative estimate of drug-likeness (QED) is 0.162. The molecule has 64 heavy (non-hydrogen) atoms. The molecule has 0 radical (unpaired) electrons. The van der Waals surface area contributed by atoms with Crippen molar-refractivity contribution in [1.82, 2.24) is 9.97 Å². The van der Waals surface area contributed by atoms with Crippen molar-refractivity contribution in [1.29, 1.82) is 0 Å². The summed E-state index contributed by atoms with van der Waals surface area (Å²) in [4.78, 5) is 9.84. The van der Waals surface area contributed by atoms with Crippen LogP contribution in [0.3, 0.4) is 0 Å². The van der Waals surface area contributed by atoms with Gasteiger partial charge in [-0.15, -0.1) is 0 Å². The smallest absolute Gasteiger partial charge is 0.0708 e. The molecule has 0 atom stereocenters. The molecule has 0 amide bonds. The molecule has 14 rings (SSSR count). The zero-order valence-corrected chi connectivity index (χ0v) is 34.7. The van der Waals surface area contributed by atoms with Crippen LogP contribution in [0.4, 0.5) is 0 Å². The van der Waals surface area contributed by atoms with Crippen LogP contribution in [-0.2, 0) is 0 Å². The number of aromatic nitrogens is 2. The highest BCUT2D eigenvalue weighted by Crippen LogP contribution is 2.61. The molecule has 2 aromatic heterocycles. The predicted molar refractivity (Wildman–Crippen MR) is 268 cm³/mol. The minimum Gasteiger partial charge on any atom is -0.256 e. The molecule has 2 heterocycles. The minimum absolute atomic E-state index is 0.963. The average Bonchev–Trinajstić information content (AvgIpc) is 3.89. The Morgan fingerprint density at radius 3 is 1.19 bits per heavy atom. The van der Waals surface area contributed by atoms with E-state index in [0.717, 1.165) is 22.5 Å². The maximum absolute atomic E-state index is 4.93. The molecule has 0 saturated heterocycles. The molecule has 2 nitrogen and oxygen atoms in total. The summed E-state index contributed by atoms with van der Waals surface area (Å²) in [7, 11) is 0. The van der Waals surface area contributed by atoms with Crippen LogP contribution in [0, 0.1) is 0 Å². The first-order valence-corrected chi connectivity index (χ1v) is 22.1. The van der Waals surface area contributed by atoms with Gasteiger partial charge in [-0.1, -0.05) is 182 Å². The van der Waals surface area contributed by atoms with E-state index in [2.05, 4.69) is 194 Å². The van der Waals surface area contributed by atoms with Gasteiger partial charge < -0.3 is 0 Å². The number of rotatable bonds is 5. The van der Waals surface area contributed by atoms with Gasteiger partial charge in [0.05, 0.1) is 11.4 Å². The van der Waals surface area contributed by atoms with Crippen LogP contribution in [0.25, 0.3) is 143 Å². The van der Waals surface area contributed by atoms with Crippen molar-refractivity contribution in [3.05, 3.63) is 219 Å². The summed E-state index contributed by atoms with van der Waals surface area (Å²) >= 11 is 0. The Morgan fingerprint density at radius 2 is 0.625 bits per heavy atom. The fourth-order valence-corrected chi connectivity index (χ4v) is 11.4. The second kappa shape index (κ2) is 13.5. The maximum Gasteiger partial charge on any atom is 0.0708 e. The average molecular weight is 809 g/mol. The number of fused-ring (bicyclic) bond motifs is 9. The SMILES string of the molecule is c1ccc(-c2c3c(c(-c4ccccc4)c4ccccc24)-c2ccc(-c4c5ccccc5c5c6c(cccc46)-c4c(-c6ccccn6)ccc(-c6ccccn6)c4-5)c4cccc-3c24)cc1. The number of nitrogens with zero attached hydrogens (tertiary/aromatic N) is 2. The van der Waals surface area contributed by atoms with Crippen molar-refractivity contribution in [2.45, 2.75) is 0 Å². The third-order valence-electron chi connectivity index (χ3n) is 13.8. The van der Waals surface area contributed by atoms with Crippen LogP contribution in [0.5, 0.6) is 0 Å². The van der Waals surface area contributed by atoms with E-state index in [4.69, 9.17) is 9.97 Å². The Hall–Kier alpha value is -8.46. The summed E-state index contributed by atoms with van der Waals surface area (Å²) in [6, 6.07) is 75.7. The molecular formula is C62H36N2. The minimum atomic E-state index is 0.963. The third kappa shape index (κ3) is 4.80. The van der Waals surface area contributed by atoms with Crippen molar-refractivity contribution in [3.8, 4) is 100 Å². The van der Waals surface area contributed by atoms with Crippen LogP contribution >= 0.6 is 0 Å². The van der Waals surface area contributed by atoms with Gasteiger partial charge in [-0.3, -0.25) is 9.97 Å². The van der Waals surface area contributed by atoms with Gasteiger partial charge in [-0.2, -0.15) is 0 Å². The molecule has 0 aliphatic heterocycles. The van der Waals surface area contributed by atoms with E-state index < -0.39 is 0 Å². The lowest BCUT2D eigenvalue weighted by molar-refractivity contribution is 1.32. The predicted octanol–water partition coefficient (Wildman–Crippen LogP) is 16.7. The van der Waals surface area contributed by atoms with E-state index in [1.54, 1.807) is 0 Å². The summed E-state index contributed by atoms with van der Waals surface area (Å²) in [5.41, 5.74) is 21.9. The summed E-state index contributed by atoms with van der Waals surface area (Å²) in [6.45, 7) is 0. The fourth-order valence-electron chi connectivity index (χ4n) is 11.4. The Bertz CT molecular complexity index is 3820. The van der Waals surface area contributed by atoms with E-state index in [1.165, 1.54) is 121 Å². The molecular weight excluding hydrogens is 773 g/mol. The van der Waals surface area contributed by atoms with Crippen molar-refractivity contribution >= 4 is 43.1 Å². The molecule has 0 spiro atoms. The summed E-state index contributed by atoms with van der Waals surface area (Å²) < 4.78 is 0. The first-order valence-electron chi connectivity index (χ1n) is 22.1. The first kappa shape index (κ1) is 35.2. The fraction of sp³-hybridized carbons (Fsp3) is 0. The van der Waals surface area contributed by atoms with E-state index in [0.29, 0.717) is 0 Å². The van der Waals surface area contributed by atoms with Crippen molar-refractivity contribution in [3.63, 3.8) is 0 Å². The van der Waals surface area contributed by atoms with E-state index in [-0.39, 0.29) is 0 Å². The molecule has 0 fully saturated rings. The Balaban J connectivity index is 1.11. The molecule has 2 heteroatoms. The van der Waals surface area contributed by atoms with Gasteiger partial charge >= 0.3 is 0 Å². The number of benzene rings is 10. The monoisotopic (exact) mass is 808 g/mol. The van der Waals surface area contributed by atoms with Gasteiger partial charge in [0, 0.05) is 34.6 Å². The lowest BCUT2D eigenvalue weighted by atomic mass is 9.82. The number of hydrogen-bond acceptors (Lipinski definition) is 2. The Morgan fingerprint density at radius 1 is 0.203 bits per heavy atom. The molecule has 0 bridgehead atoms. The van der Waals surface area contributed by atoms with Crippen LogP contribution in [0.2, 0.25) is 0 Å². The van der Waals surface area contributed by atoms with Crippen molar-refractivity contribution in [2.24, 2.45) is 0 Å². The molecule has 0 saturated carbocycles. The number of hydrogen-bond donors (Lipinski definition) is 0. The van der Waals surface area contributed by atoms with Crippen molar-refractivity contribution < 1.29 is 0 Å². The number of pyridine rings is 2. The normalized spacial score (nSPS) is 12.1. The largest absolute Gasteiger partial charge is 0.256 e. The topological polar surface area (TPSA) is 25.8 Å². The zero-order chi connectivity index (χ0) is 41.9. The second-order valence-corrected chi connectivity index (χ2v) is 17.0. The third-order valence-corrected chi connectivity index (χ3v) is 13.8. The van der Waals surface area contributed by atoms with Gasteiger partial charge in [-0.05, 0) is 134 Å². The van der Waals surface area contributed by atoms with Crippen LogP contribution in [0.15, 0.2) is 219 Å². The van der Waals surface area contributed by atoms with Gasteiger partial charge in [0.25, 0.3) is 0 Å². The summed E-state index contributed by atoms with van der Waals surface area (Å²) in [5, 5.41) is 10.1. The standard InChI is InChI=1S/C62H36N2/c1-3-17-37(18-4-1)53-39-21-7-8-22-40(39)54(38-19-5-2-6-20-38)62-50-34-31-44(42-25-15-27-48(56(42)50)61(53)62)55-41-23-9-10-24-43(41)59-58-47(55)26-16-28-49(58)57-45(51-29-11-13-35-63-51)32-33-46(60(57)59)52-30-12-14-36-64-52/h1-36H. The lowest BCUT2D eigenvalue weighted by Crippen LogP contribution is -1.93. The van der Waals surface area contributed by atoms with Crippen LogP contribution < -0.4 is 0 Å². The highest BCUT2D eigenvalue weighted by molar-refractivity contribution is 6.34. The van der Waals surface area contributed by atoms with E-state index >= 15 is 0 Å². The zero-order valence-electron chi connectivity index (χ0n) is 34.7. The van der Waals surface area contributed by atoms with Gasteiger partial charge in [0.2, 0.25) is 0 Å². The molecule has 2 aliphatic carbocycles. The first-order chi connectivity index (χ1) is 31.8. The van der Waals surface area contributed by atoms with Gasteiger partial charge in [0.15, 0.2) is 0 Å². The molecule has 12 aromatic rings. The maximum atomic E-state index is 4.93. The highest BCUT2D eigenvalue weighted by atomic mass is 14.7. The highest BCUT2D eigenvalue weighted by Gasteiger charge is 2.34. The Kier molecular flexibility index (Phi) is 7.43. The van der Waals surface area contributed by atoms with E-state index in [9.17, 15) is 0 Å². The second-order valence-electron chi connectivity index (χ2n) is 17.0. The van der Waals surface area contributed by atoms with Gasteiger partial charge in [0.1, 0.15) is 0 Å².